The van der Waals surface area contributed by atoms with E-state index < -0.39 is 0 Å². The number of nitrogens with one attached hydrogen (secondary N) is 1. The Morgan fingerprint density at radius 3 is 2.40 bits per heavy atom. The molecule has 0 radical (unpaired) electrons. The van der Waals surface area contributed by atoms with Crippen molar-refractivity contribution in [1.82, 2.24) is 10.2 Å². The average Bonchev–Trinajstić information content (AvgIpc) is 2.70. The second-order valence-corrected chi connectivity index (χ2v) is 5.71. The maximum Gasteiger partial charge on any atom is 0.0236 e. The van der Waals surface area contributed by atoms with Gasteiger partial charge in [-0.15, -0.1) is 0 Å². The van der Waals surface area contributed by atoms with Crippen LogP contribution in [0.2, 0.25) is 0 Å². The molecule has 2 atom stereocenters. The monoisotopic (exact) mass is 208 g/mol. The molecule has 3 rings (SSSR count). The summed E-state index contributed by atoms with van der Waals surface area (Å²) in [6, 6.07) is 1.77. The summed E-state index contributed by atoms with van der Waals surface area (Å²) in [5.41, 5.74) is 0. The van der Waals surface area contributed by atoms with Crippen molar-refractivity contribution >= 4 is 0 Å². The number of rotatable bonds is 1. The smallest absolute Gasteiger partial charge is 0.0236 e. The van der Waals surface area contributed by atoms with Gasteiger partial charge in [0.2, 0.25) is 0 Å². The lowest BCUT2D eigenvalue weighted by molar-refractivity contribution is 0.207. The summed E-state index contributed by atoms with van der Waals surface area (Å²) >= 11 is 0. The van der Waals surface area contributed by atoms with Gasteiger partial charge in [-0.05, 0) is 31.7 Å². The van der Waals surface area contributed by atoms with E-state index in [1.54, 1.807) is 0 Å². The van der Waals surface area contributed by atoms with Crippen LogP contribution in [0.15, 0.2) is 0 Å². The molecule has 1 saturated carbocycles. The van der Waals surface area contributed by atoms with Crippen molar-refractivity contribution in [3.8, 4) is 0 Å². The van der Waals surface area contributed by atoms with E-state index in [2.05, 4.69) is 10.2 Å². The predicted octanol–water partition coefficient (Wildman–Crippen LogP) is 2.00. The lowest BCUT2D eigenvalue weighted by atomic mass is 10.1. The molecule has 0 aromatic rings. The molecule has 0 amide bonds. The zero-order chi connectivity index (χ0) is 10.1. The van der Waals surface area contributed by atoms with E-state index in [0.717, 1.165) is 18.0 Å². The van der Waals surface area contributed by atoms with Gasteiger partial charge in [-0.3, -0.25) is 4.90 Å². The molecule has 86 valence electrons. The van der Waals surface area contributed by atoms with Gasteiger partial charge in [0.25, 0.3) is 0 Å². The Hall–Kier alpha value is -0.0800. The Bertz CT molecular complexity index is 197. The third-order valence-electron chi connectivity index (χ3n) is 4.73. The van der Waals surface area contributed by atoms with E-state index in [0.29, 0.717) is 0 Å². The normalized spacial score (nSPS) is 39.2. The molecule has 1 N–H and O–H groups in total. The molecule has 1 aliphatic carbocycles. The van der Waals surface area contributed by atoms with Crippen molar-refractivity contribution in [1.29, 1.82) is 0 Å². The highest BCUT2D eigenvalue weighted by molar-refractivity contribution is 4.96. The number of nitrogens with zero attached hydrogens (tertiary/aromatic N) is 1. The van der Waals surface area contributed by atoms with Crippen LogP contribution in [0.5, 0.6) is 0 Å². The number of fused-ring (bicyclic) bond motifs is 1. The second-order valence-electron chi connectivity index (χ2n) is 5.71. The molecule has 3 fully saturated rings. The second kappa shape index (κ2) is 4.42. The van der Waals surface area contributed by atoms with Gasteiger partial charge in [0.15, 0.2) is 0 Å². The first-order valence-corrected chi connectivity index (χ1v) is 6.91. The van der Waals surface area contributed by atoms with Gasteiger partial charge < -0.3 is 5.32 Å². The molecule has 0 aromatic carbocycles. The summed E-state index contributed by atoms with van der Waals surface area (Å²) in [6.07, 6.45) is 10.3. The Balaban J connectivity index is 1.58. The third-order valence-corrected chi connectivity index (χ3v) is 4.73. The zero-order valence-electron chi connectivity index (χ0n) is 9.75. The fourth-order valence-electron chi connectivity index (χ4n) is 3.80. The molecule has 2 heteroatoms. The van der Waals surface area contributed by atoms with Gasteiger partial charge in [-0.25, -0.2) is 0 Å². The molecule has 0 spiro atoms. The first kappa shape index (κ1) is 10.1. The molecule has 2 heterocycles. The maximum absolute atomic E-state index is 3.66. The Labute approximate surface area is 93.4 Å². The van der Waals surface area contributed by atoms with E-state index in [1.807, 2.05) is 0 Å². The van der Waals surface area contributed by atoms with Gasteiger partial charge in [0.05, 0.1) is 0 Å². The summed E-state index contributed by atoms with van der Waals surface area (Å²) in [7, 11) is 0. The summed E-state index contributed by atoms with van der Waals surface area (Å²) in [4.78, 5) is 2.80. The van der Waals surface area contributed by atoms with Crippen molar-refractivity contribution in [3.05, 3.63) is 0 Å². The summed E-state index contributed by atoms with van der Waals surface area (Å²) in [6.45, 7) is 4.01. The zero-order valence-corrected chi connectivity index (χ0v) is 9.75. The fourth-order valence-corrected chi connectivity index (χ4v) is 3.80. The van der Waals surface area contributed by atoms with Crippen LogP contribution >= 0.6 is 0 Å². The highest BCUT2D eigenvalue weighted by atomic mass is 15.2. The van der Waals surface area contributed by atoms with Crippen molar-refractivity contribution in [3.63, 3.8) is 0 Å². The van der Waals surface area contributed by atoms with Crippen molar-refractivity contribution in [2.45, 2.75) is 57.0 Å². The molecule has 0 bridgehead atoms. The molecule has 0 unspecified atom stereocenters. The highest BCUT2D eigenvalue weighted by Gasteiger charge is 2.38. The minimum Gasteiger partial charge on any atom is -0.312 e. The molecule has 3 aliphatic rings. The Morgan fingerprint density at radius 2 is 1.67 bits per heavy atom. The summed E-state index contributed by atoms with van der Waals surface area (Å²) in [5.74, 6) is 0.980. The summed E-state index contributed by atoms with van der Waals surface area (Å²) < 4.78 is 0. The SMILES string of the molecule is C1CCCC(N2C[C@@H]3CCN[C@@H]3C2)CC1. The first-order valence-electron chi connectivity index (χ1n) is 6.91. The molecular formula is C13H24N2. The van der Waals surface area contributed by atoms with Crippen LogP contribution in [0.25, 0.3) is 0 Å². The van der Waals surface area contributed by atoms with Crippen LogP contribution in [0.1, 0.15) is 44.9 Å². The van der Waals surface area contributed by atoms with Crippen molar-refractivity contribution in [2.24, 2.45) is 5.92 Å². The lowest BCUT2D eigenvalue weighted by Gasteiger charge is -2.27. The van der Waals surface area contributed by atoms with Gasteiger partial charge in [0, 0.05) is 25.2 Å². The van der Waals surface area contributed by atoms with E-state index in [9.17, 15) is 0 Å². The first-order chi connectivity index (χ1) is 7.43. The molecular weight excluding hydrogens is 184 g/mol. The average molecular weight is 208 g/mol. The van der Waals surface area contributed by atoms with Crippen LogP contribution in [-0.2, 0) is 0 Å². The minimum atomic E-state index is 0.841. The van der Waals surface area contributed by atoms with Gasteiger partial charge in [-0.2, -0.15) is 0 Å². The number of hydrogen-bond acceptors (Lipinski definition) is 2. The quantitative estimate of drug-likeness (QED) is 0.663. The number of hydrogen-bond donors (Lipinski definition) is 1. The Kier molecular flexibility index (Phi) is 2.98. The summed E-state index contributed by atoms with van der Waals surface area (Å²) in [5, 5.41) is 3.66. The topological polar surface area (TPSA) is 15.3 Å². The third kappa shape index (κ3) is 2.07. The lowest BCUT2D eigenvalue weighted by Crippen LogP contribution is -2.36. The van der Waals surface area contributed by atoms with Gasteiger partial charge >= 0.3 is 0 Å². The maximum atomic E-state index is 3.66. The van der Waals surface area contributed by atoms with Crippen LogP contribution in [0.3, 0.4) is 0 Å². The molecule has 15 heavy (non-hydrogen) atoms. The van der Waals surface area contributed by atoms with Gasteiger partial charge in [-0.1, -0.05) is 25.7 Å². The van der Waals surface area contributed by atoms with Crippen molar-refractivity contribution < 1.29 is 0 Å². The van der Waals surface area contributed by atoms with Crippen LogP contribution in [-0.4, -0.2) is 36.6 Å². The molecule has 0 aromatic heterocycles. The fraction of sp³-hybridized carbons (Fsp3) is 1.00. The van der Waals surface area contributed by atoms with E-state index in [1.165, 1.54) is 64.6 Å². The van der Waals surface area contributed by atoms with E-state index in [-0.39, 0.29) is 0 Å². The molecule has 2 aliphatic heterocycles. The largest absolute Gasteiger partial charge is 0.312 e. The van der Waals surface area contributed by atoms with Crippen molar-refractivity contribution in [2.75, 3.05) is 19.6 Å². The Morgan fingerprint density at radius 1 is 0.867 bits per heavy atom. The number of likely N-dealkylation sites (tertiary alicyclic amines) is 1. The van der Waals surface area contributed by atoms with Crippen LogP contribution < -0.4 is 5.32 Å². The molecule has 2 saturated heterocycles. The standard InChI is InChI=1S/C13H24N2/c1-2-4-6-12(5-3-1)15-9-11-7-8-14-13(11)10-15/h11-14H,1-10H2/t11-,13+/m0/s1. The van der Waals surface area contributed by atoms with Crippen LogP contribution in [0, 0.1) is 5.92 Å². The highest BCUT2D eigenvalue weighted by Crippen LogP contribution is 2.30. The van der Waals surface area contributed by atoms with Gasteiger partial charge in [0.1, 0.15) is 0 Å². The van der Waals surface area contributed by atoms with E-state index in [4.69, 9.17) is 0 Å². The minimum absolute atomic E-state index is 0.841. The van der Waals surface area contributed by atoms with Crippen LogP contribution in [0.4, 0.5) is 0 Å². The molecule has 2 nitrogen and oxygen atoms in total. The predicted molar refractivity (Wildman–Crippen MR) is 63.0 cm³/mol. The van der Waals surface area contributed by atoms with E-state index >= 15 is 0 Å².